The van der Waals surface area contributed by atoms with Crippen LogP contribution in [0, 0.1) is 0 Å². The molecule has 0 aliphatic carbocycles. The van der Waals surface area contributed by atoms with Crippen LogP contribution >= 0.6 is 11.6 Å². The minimum Gasteiger partial charge on any atom is -0.496 e. The molecule has 7 heteroatoms. The lowest BCUT2D eigenvalue weighted by Crippen LogP contribution is -2.15. The fourth-order valence-corrected chi connectivity index (χ4v) is 2.40. The number of aromatic nitrogens is 2. The lowest BCUT2D eigenvalue weighted by Gasteiger charge is -2.05. The van der Waals surface area contributed by atoms with E-state index in [1.807, 2.05) is 0 Å². The van der Waals surface area contributed by atoms with Crippen molar-refractivity contribution in [1.29, 1.82) is 0 Å². The summed E-state index contributed by atoms with van der Waals surface area (Å²) in [5.41, 5.74) is 0.713. The highest BCUT2D eigenvalue weighted by Gasteiger charge is 2.28. The molecular formula is C13H14ClN3O3. The van der Waals surface area contributed by atoms with Gasteiger partial charge in [-0.15, -0.1) is 0 Å². The van der Waals surface area contributed by atoms with E-state index in [0.717, 1.165) is 0 Å². The van der Waals surface area contributed by atoms with Crippen molar-refractivity contribution in [1.82, 2.24) is 15.5 Å². The molecule has 0 bridgehead atoms. The zero-order chi connectivity index (χ0) is 14.1. The summed E-state index contributed by atoms with van der Waals surface area (Å²) in [6.45, 7) is 0.534. The minimum atomic E-state index is -0.375. The van der Waals surface area contributed by atoms with Crippen LogP contribution in [0.5, 0.6) is 5.75 Å². The van der Waals surface area contributed by atoms with Crippen molar-refractivity contribution in [3.8, 4) is 17.1 Å². The second kappa shape index (κ2) is 5.40. The summed E-state index contributed by atoms with van der Waals surface area (Å²) in [6.07, 6.45) is 0.194. The van der Waals surface area contributed by atoms with Gasteiger partial charge in [0.15, 0.2) is 0 Å². The van der Waals surface area contributed by atoms with E-state index >= 15 is 0 Å². The van der Waals surface area contributed by atoms with Crippen molar-refractivity contribution in [2.24, 2.45) is 0 Å². The Kier molecular flexibility index (Phi) is 3.60. The number of β-amino-alcohol motifs (C(OH)–C–C–N with tert-alkyl or cyclic N) is 1. The van der Waals surface area contributed by atoms with Crippen LogP contribution in [0.4, 0.5) is 0 Å². The maximum atomic E-state index is 9.51. The van der Waals surface area contributed by atoms with Crippen molar-refractivity contribution in [3.05, 3.63) is 29.1 Å². The molecule has 1 aliphatic rings. The largest absolute Gasteiger partial charge is 0.496 e. The van der Waals surface area contributed by atoms with Crippen LogP contribution in [-0.2, 0) is 0 Å². The average Bonchev–Trinajstić information content (AvgIpc) is 3.07. The molecule has 2 N–H and O–H groups in total. The Balaban J connectivity index is 1.90. The molecule has 106 valence electrons. The summed E-state index contributed by atoms with van der Waals surface area (Å²) in [7, 11) is 1.56. The van der Waals surface area contributed by atoms with Gasteiger partial charge in [-0.2, -0.15) is 4.98 Å². The normalized spacial score (nSPS) is 22.1. The van der Waals surface area contributed by atoms with Crippen LogP contribution in [0.3, 0.4) is 0 Å². The van der Waals surface area contributed by atoms with Crippen molar-refractivity contribution < 1.29 is 14.4 Å². The Morgan fingerprint density at radius 3 is 3.05 bits per heavy atom. The van der Waals surface area contributed by atoms with E-state index in [-0.39, 0.29) is 12.1 Å². The summed E-state index contributed by atoms with van der Waals surface area (Å²) >= 11 is 5.93. The minimum absolute atomic E-state index is 0.107. The van der Waals surface area contributed by atoms with Crippen LogP contribution in [0.1, 0.15) is 18.4 Å². The average molecular weight is 296 g/mol. The predicted octanol–water partition coefficient (Wildman–Crippen LogP) is 1.79. The molecule has 20 heavy (non-hydrogen) atoms. The summed E-state index contributed by atoms with van der Waals surface area (Å²) < 4.78 is 10.5. The Labute approximate surface area is 120 Å². The van der Waals surface area contributed by atoms with Gasteiger partial charge in [-0.1, -0.05) is 16.8 Å². The predicted molar refractivity (Wildman–Crippen MR) is 72.7 cm³/mol. The second-order valence-corrected chi connectivity index (χ2v) is 5.09. The number of methoxy groups -OCH3 is 1. The van der Waals surface area contributed by atoms with E-state index in [4.69, 9.17) is 20.9 Å². The highest BCUT2D eigenvalue weighted by atomic mass is 35.5. The summed E-state index contributed by atoms with van der Waals surface area (Å²) in [6, 6.07) is 5.12. The molecule has 1 aromatic carbocycles. The maximum absolute atomic E-state index is 9.51. The van der Waals surface area contributed by atoms with Crippen LogP contribution in [0.25, 0.3) is 11.4 Å². The van der Waals surface area contributed by atoms with Gasteiger partial charge in [-0.05, 0) is 24.6 Å². The molecule has 1 fully saturated rings. The number of rotatable bonds is 3. The lowest BCUT2D eigenvalue weighted by atomic mass is 10.2. The number of nitrogens with zero attached hydrogens (tertiary/aromatic N) is 2. The van der Waals surface area contributed by atoms with Gasteiger partial charge in [0.25, 0.3) is 0 Å². The third-order valence-electron chi connectivity index (χ3n) is 3.25. The third kappa shape index (κ3) is 2.49. The number of hydrogen-bond donors (Lipinski definition) is 2. The monoisotopic (exact) mass is 295 g/mol. The Hall–Kier alpha value is -1.63. The zero-order valence-electron chi connectivity index (χ0n) is 10.8. The first-order valence-corrected chi connectivity index (χ1v) is 6.64. The number of ether oxygens (including phenoxy) is 1. The fraction of sp³-hybridized carbons (Fsp3) is 0.385. The molecule has 0 saturated carbocycles. The van der Waals surface area contributed by atoms with Crippen LogP contribution < -0.4 is 10.1 Å². The first-order valence-electron chi connectivity index (χ1n) is 6.26. The van der Waals surface area contributed by atoms with Gasteiger partial charge < -0.3 is 19.7 Å². The van der Waals surface area contributed by atoms with Crippen molar-refractivity contribution >= 4 is 11.6 Å². The zero-order valence-corrected chi connectivity index (χ0v) is 11.6. The molecule has 1 aromatic heterocycles. The Morgan fingerprint density at radius 1 is 1.50 bits per heavy atom. The first-order chi connectivity index (χ1) is 9.67. The van der Waals surface area contributed by atoms with Crippen molar-refractivity contribution in [3.63, 3.8) is 0 Å². The summed E-state index contributed by atoms with van der Waals surface area (Å²) in [4.78, 5) is 4.36. The van der Waals surface area contributed by atoms with Crippen LogP contribution in [-0.4, -0.2) is 35.0 Å². The number of aliphatic hydroxyl groups is 1. The first kappa shape index (κ1) is 13.4. The molecule has 1 saturated heterocycles. The van der Waals surface area contributed by atoms with Gasteiger partial charge >= 0.3 is 0 Å². The molecule has 6 nitrogen and oxygen atoms in total. The van der Waals surface area contributed by atoms with E-state index in [1.165, 1.54) is 0 Å². The number of hydrogen-bond acceptors (Lipinski definition) is 6. The van der Waals surface area contributed by atoms with Gasteiger partial charge in [0.05, 0.1) is 24.8 Å². The standard InChI is InChI=1S/C13H14ClN3O3/c1-19-11-4-7(14)2-3-9(11)12-16-13(20-17-12)10-5-8(18)6-15-10/h2-4,8,10,15,18H,5-6H2,1H3/t8-,10+/m1/s1. The molecule has 2 atom stereocenters. The Bertz CT molecular complexity index is 617. The molecule has 0 unspecified atom stereocenters. The van der Waals surface area contributed by atoms with Crippen molar-refractivity contribution in [2.75, 3.05) is 13.7 Å². The van der Waals surface area contributed by atoms with Gasteiger partial charge in [0.1, 0.15) is 5.75 Å². The van der Waals surface area contributed by atoms with Gasteiger partial charge in [0, 0.05) is 11.6 Å². The van der Waals surface area contributed by atoms with Gasteiger partial charge in [-0.3, -0.25) is 0 Å². The van der Waals surface area contributed by atoms with Crippen molar-refractivity contribution in [2.45, 2.75) is 18.6 Å². The van der Waals surface area contributed by atoms with Crippen LogP contribution in [0.2, 0.25) is 5.02 Å². The highest BCUT2D eigenvalue weighted by molar-refractivity contribution is 6.30. The number of nitrogens with one attached hydrogen (secondary N) is 1. The van der Waals surface area contributed by atoms with Crippen LogP contribution in [0.15, 0.2) is 22.7 Å². The molecule has 2 aromatic rings. The van der Waals surface area contributed by atoms with E-state index in [2.05, 4.69) is 15.5 Å². The number of halogens is 1. The number of aliphatic hydroxyl groups excluding tert-OH is 1. The van der Waals surface area contributed by atoms with Gasteiger partial charge in [-0.25, -0.2) is 0 Å². The smallest absolute Gasteiger partial charge is 0.244 e. The molecule has 0 amide bonds. The summed E-state index contributed by atoms with van der Waals surface area (Å²) in [5.74, 6) is 1.49. The molecule has 3 rings (SSSR count). The fourth-order valence-electron chi connectivity index (χ4n) is 2.24. The molecule has 1 aliphatic heterocycles. The molecular weight excluding hydrogens is 282 g/mol. The van der Waals surface area contributed by atoms with E-state index in [1.54, 1.807) is 25.3 Å². The Morgan fingerprint density at radius 2 is 2.35 bits per heavy atom. The second-order valence-electron chi connectivity index (χ2n) is 4.65. The molecule has 0 radical (unpaired) electrons. The van der Waals surface area contributed by atoms with E-state index in [0.29, 0.717) is 41.0 Å². The van der Waals surface area contributed by atoms with E-state index < -0.39 is 0 Å². The SMILES string of the molecule is COc1cc(Cl)ccc1-c1noc([C@@H]2C[C@@H](O)CN2)n1. The third-order valence-corrected chi connectivity index (χ3v) is 3.49. The highest BCUT2D eigenvalue weighted by Crippen LogP contribution is 2.32. The number of benzene rings is 1. The van der Waals surface area contributed by atoms with Gasteiger partial charge in [0.2, 0.25) is 11.7 Å². The molecule has 0 spiro atoms. The quantitative estimate of drug-likeness (QED) is 0.898. The maximum Gasteiger partial charge on any atom is 0.244 e. The molecule has 2 heterocycles. The summed E-state index contributed by atoms with van der Waals surface area (Å²) in [5, 5.41) is 17.2. The van der Waals surface area contributed by atoms with E-state index in [9.17, 15) is 5.11 Å². The topological polar surface area (TPSA) is 80.4 Å². The lowest BCUT2D eigenvalue weighted by molar-refractivity contribution is 0.191.